The van der Waals surface area contributed by atoms with E-state index >= 15 is 0 Å². The molecule has 3 atom stereocenters. The average molecular weight is 501 g/mol. The van der Waals surface area contributed by atoms with Crippen molar-refractivity contribution in [2.24, 2.45) is 11.8 Å². The molecule has 0 radical (unpaired) electrons. The third-order valence-electron chi connectivity index (χ3n) is 6.62. The molecule has 8 heteroatoms. The van der Waals surface area contributed by atoms with Crippen molar-refractivity contribution in [3.8, 4) is 17.6 Å². The van der Waals surface area contributed by atoms with Gasteiger partial charge in [0, 0.05) is 42.7 Å². The number of aliphatic hydroxyl groups excluding tert-OH is 1. The summed E-state index contributed by atoms with van der Waals surface area (Å²) in [6.45, 7) is 5.36. The molecule has 2 aliphatic rings. The quantitative estimate of drug-likeness (QED) is 0.617. The van der Waals surface area contributed by atoms with Crippen molar-refractivity contribution >= 4 is 10.0 Å². The first-order valence-electron chi connectivity index (χ1n) is 12.1. The van der Waals surface area contributed by atoms with E-state index in [0.29, 0.717) is 17.7 Å². The number of fused-ring (bicyclic) bond motifs is 1. The van der Waals surface area contributed by atoms with E-state index in [2.05, 4.69) is 23.8 Å². The lowest BCUT2D eigenvalue weighted by molar-refractivity contribution is 0.0740. The Balaban J connectivity index is 1.70. The number of aliphatic hydroxyl groups is 1. The molecular weight excluding hydrogens is 467 g/mol. The first-order chi connectivity index (χ1) is 16.7. The van der Waals surface area contributed by atoms with Crippen molar-refractivity contribution in [2.75, 3.05) is 33.3 Å². The zero-order valence-corrected chi connectivity index (χ0v) is 21.3. The lowest BCUT2D eigenvalue weighted by atomic mass is 10.0. The van der Waals surface area contributed by atoms with Crippen molar-refractivity contribution in [3.63, 3.8) is 0 Å². The Morgan fingerprint density at radius 1 is 1.14 bits per heavy atom. The number of likely N-dealkylation sites (N-methyl/N-ethyl adjacent to an activating group) is 1. The zero-order chi connectivity index (χ0) is 25.2. The number of hydrogen-bond donors (Lipinski definition) is 1. The highest BCUT2D eigenvalue weighted by Crippen LogP contribution is 2.35. The number of sulfonamides is 1. The Morgan fingerprint density at radius 3 is 2.46 bits per heavy atom. The van der Waals surface area contributed by atoms with E-state index in [4.69, 9.17) is 4.74 Å². The lowest BCUT2D eigenvalue weighted by Gasteiger charge is -2.37. The molecule has 1 saturated carbocycles. The van der Waals surface area contributed by atoms with Gasteiger partial charge in [0.05, 0.1) is 6.61 Å². The standard InChI is InChI=1S/C27H33FN2O4S/c1-19-15-30(20(2)18-31)35(32,33)27-13-10-22(5-4-21-8-11-24(28)12-9-21)14-25(27)34-26(19)17-29(3)16-23-6-7-23/h8-14,19-20,23,26,31H,6-7,15-18H2,1-3H3/t19-,20+,26-/m1/s1. The maximum atomic E-state index is 13.6. The van der Waals surface area contributed by atoms with Gasteiger partial charge in [0.25, 0.3) is 0 Å². The van der Waals surface area contributed by atoms with Crippen LogP contribution in [0.5, 0.6) is 5.75 Å². The van der Waals surface area contributed by atoms with E-state index < -0.39 is 16.1 Å². The molecular formula is C27H33FN2O4S. The number of hydrogen-bond acceptors (Lipinski definition) is 5. The predicted octanol–water partition coefficient (Wildman–Crippen LogP) is 3.34. The Kier molecular flexibility index (Phi) is 7.82. The average Bonchev–Trinajstić information content (AvgIpc) is 3.64. The van der Waals surface area contributed by atoms with Crippen molar-refractivity contribution in [1.29, 1.82) is 0 Å². The van der Waals surface area contributed by atoms with Gasteiger partial charge in [-0.1, -0.05) is 18.8 Å². The molecule has 1 aliphatic heterocycles. The second kappa shape index (κ2) is 10.7. The Labute approximate surface area is 207 Å². The van der Waals surface area contributed by atoms with Gasteiger partial charge in [0.1, 0.15) is 22.6 Å². The van der Waals surface area contributed by atoms with Gasteiger partial charge >= 0.3 is 0 Å². The van der Waals surface area contributed by atoms with Crippen LogP contribution in [0.25, 0.3) is 0 Å². The van der Waals surface area contributed by atoms with E-state index in [9.17, 15) is 17.9 Å². The third kappa shape index (κ3) is 6.22. The summed E-state index contributed by atoms with van der Waals surface area (Å²) in [5.74, 6) is 6.59. The molecule has 0 unspecified atom stereocenters. The Morgan fingerprint density at radius 2 is 1.80 bits per heavy atom. The van der Waals surface area contributed by atoms with Crippen molar-refractivity contribution < 1.29 is 22.7 Å². The van der Waals surface area contributed by atoms with Crippen LogP contribution in [0.4, 0.5) is 4.39 Å². The molecule has 0 bridgehead atoms. The summed E-state index contributed by atoms with van der Waals surface area (Å²) in [4.78, 5) is 2.33. The van der Waals surface area contributed by atoms with E-state index in [-0.39, 0.29) is 41.6 Å². The van der Waals surface area contributed by atoms with Gasteiger partial charge in [-0.05, 0) is 75.2 Å². The maximum absolute atomic E-state index is 13.6. The molecule has 35 heavy (non-hydrogen) atoms. The van der Waals surface area contributed by atoms with Crippen LogP contribution in [0.3, 0.4) is 0 Å². The Bertz CT molecular complexity index is 1200. The topological polar surface area (TPSA) is 70.1 Å². The van der Waals surface area contributed by atoms with Crippen molar-refractivity contribution in [2.45, 2.75) is 43.7 Å². The van der Waals surface area contributed by atoms with Crippen LogP contribution < -0.4 is 4.74 Å². The molecule has 2 aromatic rings. The van der Waals surface area contributed by atoms with Crippen LogP contribution in [-0.2, 0) is 10.0 Å². The molecule has 2 aromatic carbocycles. The monoisotopic (exact) mass is 500 g/mol. The maximum Gasteiger partial charge on any atom is 0.247 e. The number of rotatable bonds is 6. The molecule has 1 N–H and O–H groups in total. The van der Waals surface area contributed by atoms with Crippen LogP contribution >= 0.6 is 0 Å². The molecule has 0 spiro atoms. The number of benzene rings is 2. The van der Waals surface area contributed by atoms with E-state index in [0.717, 1.165) is 12.5 Å². The first kappa shape index (κ1) is 25.6. The molecule has 6 nitrogen and oxygen atoms in total. The molecule has 188 valence electrons. The smallest absolute Gasteiger partial charge is 0.247 e. The molecule has 1 aliphatic carbocycles. The van der Waals surface area contributed by atoms with Gasteiger partial charge in [0.2, 0.25) is 10.0 Å². The van der Waals surface area contributed by atoms with Gasteiger partial charge in [-0.3, -0.25) is 0 Å². The number of ether oxygens (including phenoxy) is 1. The van der Waals surface area contributed by atoms with Crippen molar-refractivity contribution in [1.82, 2.24) is 9.21 Å². The summed E-state index contributed by atoms with van der Waals surface area (Å²) in [7, 11) is -1.82. The van der Waals surface area contributed by atoms with Gasteiger partial charge in [0.15, 0.2) is 0 Å². The minimum absolute atomic E-state index is 0.0758. The lowest BCUT2D eigenvalue weighted by Crippen LogP contribution is -2.49. The predicted molar refractivity (Wildman–Crippen MR) is 133 cm³/mol. The highest BCUT2D eigenvalue weighted by Gasteiger charge is 2.38. The minimum Gasteiger partial charge on any atom is -0.487 e. The van der Waals surface area contributed by atoms with Gasteiger partial charge in [-0.25, -0.2) is 12.8 Å². The molecule has 1 fully saturated rings. The summed E-state index contributed by atoms with van der Waals surface area (Å²) in [5, 5.41) is 9.79. The minimum atomic E-state index is -3.89. The van der Waals surface area contributed by atoms with Crippen molar-refractivity contribution in [3.05, 3.63) is 59.4 Å². The Hall–Kier alpha value is -2.44. The molecule has 4 rings (SSSR count). The van der Waals surface area contributed by atoms with Gasteiger partial charge in [-0.2, -0.15) is 4.31 Å². The van der Waals surface area contributed by atoms with Gasteiger partial charge < -0.3 is 14.7 Å². The SMILES string of the molecule is C[C@@H]1CN([C@@H](C)CO)S(=O)(=O)c2ccc(C#Cc3ccc(F)cc3)cc2O[C@@H]1CN(C)CC1CC1. The summed E-state index contributed by atoms with van der Waals surface area (Å²) >= 11 is 0. The fraction of sp³-hybridized carbons (Fsp3) is 0.481. The molecule has 0 amide bonds. The van der Waals surface area contributed by atoms with E-state index in [1.807, 2.05) is 6.92 Å². The summed E-state index contributed by atoms with van der Waals surface area (Å²) in [6, 6.07) is 10.2. The zero-order valence-electron chi connectivity index (χ0n) is 20.4. The van der Waals surface area contributed by atoms with Crippen LogP contribution in [0.2, 0.25) is 0 Å². The fourth-order valence-corrected chi connectivity index (χ4v) is 6.15. The van der Waals surface area contributed by atoms with Gasteiger partial charge in [-0.15, -0.1) is 0 Å². The molecule has 0 saturated heterocycles. The summed E-state index contributed by atoms with van der Waals surface area (Å²) < 4.78 is 48.1. The highest BCUT2D eigenvalue weighted by molar-refractivity contribution is 7.89. The highest BCUT2D eigenvalue weighted by atomic mass is 32.2. The van der Waals surface area contributed by atoms with Crippen LogP contribution in [0, 0.1) is 29.5 Å². The first-order valence-corrected chi connectivity index (χ1v) is 13.5. The number of nitrogens with zero attached hydrogens (tertiary/aromatic N) is 2. The number of halogens is 1. The molecule has 0 aromatic heterocycles. The van der Waals surface area contributed by atoms with Crippen LogP contribution in [-0.4, -0.2) is 68.2 Å². The van der Waals surface area contributed by atoms with Crippen LogP contribution in [0.1, 0.15) is 37.8 Å². The van der Waals surface area contributed by atoms with E-state index in [1.54, 1.807) is 31.2 Å². The normalized spacial score (nSPS) is 22.8. The van der Waals surface area contributed by atoms with E-state index in [1.165, 1.54) is 35.3 Å². The molecule has 1 heterocycles. The summed E-state index contributed by atoms with van der Waals surface area (Å²) in [6.07, 6.45) is 2.27. The second-order valence-electron chi connectivity index (χ2n) is 9.82. The summed E-state index contributed by atoms with van der Waals surface area (Å²) in [5.41, 5.74) is 1.26. The second-order valence-corrected chi connectivity index (χ2v) is 11.7. The van der Waals surface area contributed by atoms with Crippen LogP contribution in [0.15, 0.2) is 47.4 Å². The fourth-order valence-electron chi connectivity index (χ4n) is 4.32. The largest absolute Gasteiger partial charge is 0.487 e. The third-order valence-corrected chi connectivity index (χ3v) is 8.64.